The molecule has 0 N–H and O–H groups in total. The Morgan fingerprint density at radius 3 is 1.38 bits per heavy atom. The van der Waals surface area contributed by atoms with Gasteiger partial charge in [-0.05, 0) is 136 Å². The van der Waals surface area contributed by atoms with Crippen molar-refractivity contribution in [3.05, 3.63) is 249 Å². The molecule has 12 aromatic rings. The molecular weight excluding hydrogens is 916 g/mol. The predicted molar refractivity (Wildman–Crippen MR) is 313 cm³/mol. The highest BCUT2D eigenvalue weighted by Gasteiger charge is 2.52. The van der Waals surface area contributed by atoms with E-state index >= 15 is 0 Å². The largest absolute Gasteiger partial charge is 0.312 e. The fourth-order valence-electron chi connectivity index (χ4n) is 13.4. The second kappa shape index (κ2) is 15.2. The van der Waals surface area contributed by atoms with Crippen LogP contribution in [0.2, 0.25) is 0 Å². The summed E-state index contributed by atoms with van der Waals surface area (Å²) in [6.07, 6.45) is 0. The van der Waals surface area contributed by atoms with E-state index in [4.69, 9.17) is 0 Å². The number of fused-ring (bicyclic) bond motifs is 15. The van der Waals surface area contributed by atoms with Gasteiger partial charge in [0.05, 0.1) is 22.4 Å². The maximum absolute atomic E-state index is 2.67. The number of para-hydroxylation sites is 8. The van der Waals surface area contributed by atoms with Crippen molar-refractivity contribution in [1.29, 1.82) is 0 Å². The molecule has 5 nitrogen and oxygen atoms in total. The Morgan fingerprint density at radius 2 is 0.730 bits per heavy atom. The van der Waals surface area contributed by atoms with Gasteiger partial charge in [0.1, 0.15) is 0 Å². The highest BCUT2D eigenvalue weighted by Crippen LogP contribution is 2.55. The zero-order valence-electron chi connectivity index (χ0n) is 40.0. The standard InChI is InChI=1S/C66H41B2N5S/c1-5-21-42(22-6-1)69-52-32-16-13-29-46(52)47-37-50-58(39-56(47)69)73-54-34-18-15-31-49(54)67-48-30-14-17-33-53(48)70(43-23-7-2-8-24-43)60-41-61-65(66(73)64(60)67)68(50)51-38-63-59(40-57(51)72(61)45-27-11-4-12-28-45)71(44-25-9-3-10-26-44)55-35-19-20-36-62(55)74-63/h1-41H. The topological polar surface area (TPSA) is 17.9 Å². The van der Waals surface area contributed by atoms with Gasteiger partial charge in [0.25, 0.3) is 13.4 Å². The summed E-state index contributed by atoms with van der Waals surface area (Å²) >= 11 is 1.89. The van der Waals surface area contributed by atoms with Gasteiger partial charge >= 0.3 is 0 Å². The maximum atomic E-state index is 2.67. The van der Waals surface area contributed by atoms with E-state index in [0.29, 0.717) is 0 Å². The Kier molecular flexibility index (Phi) is 8.33. The summed E-state index contributed by atoms with van der Waals surface area (Å²) < 4.78 is 2.48. The Hall–Kier alpha value is -9.10. The van der Waals surface area contributed by atoms with E-state index in [1.807, 2.05) is 11.8 Å². The van der Waals surface area contributed by atoms with Gasteiger partial charge in [-0.1, -0.05) is 157 Å². The van der Waals surface area contributed by atoms with E-state index in [9.17, 15) is 0 Å². The Labute approximate surface area is 434 Å². The smallest absolute Gasteiger partial charge is 0.252 e. The molecular formula is C66H41B2N5S. The molecule has 0 saturated carbocycles. The Balaban J connectivity index is 1.05. The molecule has 0 spiro atoms. The summed E-state index contributed by atoms with van der Waals surface area (Å²) in [4.78, 5) is 12.8. The van der Waals surface area contributed by atoms with Crippen molar-refractivity contribution >= 4 is 148 Å². The van der Waals surface area contributed by atoms with Crippen molar-refractivity contribution < 1.29 is 0 Å². The van der Waals surface area contributed by atoms with E-state index in [1.54, 1.807) is 0 Å². The van der Waals surface area contributed by atoms with Crippen LogP contribution in [0.4, 0.5) is 68.2 Å². The van der Waals surface area contributed by atoms with Crippen LogP contribution in [0.5, 0.6) is 0 Å². The Bertz CT molecular complexity index is 4340. The minimum Gasteiger partial charge on any atom is -0.312 e. The molecule has 0 saturated heterocycles. The number of benzene rings is 11. The summed E-state index contributed by atoms with van der Waals surface area (Å²) in [5, 5.41) is 2.50. The van der Waals surface area contributed by atoms with Crippen molar-refractivity contribution in [2.75, 3.05) is 19.6 Å². The van der Waals surface area contributed by atoms with Gasteiger partial charge in [0, 0.05) is 83.1 Å². The first kappa shape index (κ1) is 40.5. The highest BCUT2D eigenvalue weighted by molar-refractivity contribution is 7.99. The minimum atomic E-state index is -0.115. The van der Waals surface area contributed by atoms with Crippen LogP contribution in [0.1, 0.15) is 0 Å². The minimum absolute atomic E-state index is 0.00259. The number of anilines is 12. The summed E-state index contributed by atoms with van der Waals surface area (Å²) in [6, 6.07) is 92.9. The summed E-state index contributed by atoms with van der Waals surface area (Å²) in [6.45, 7) is -0.117. The fourth-order valence-corrected chi connectivity index (χ4v) is 14.5. The molecule has 0 aliphatic carbocycles. The molecule has 0 amide bonds. The van der Waals surface area contributed by atoms with Crippen LogP contribution < -0.4 is 52.4 Å². The van der Waals surface area contributed by atoms with E-state index < -0.39 is 0 Å². The first-order chi connectivity index (χ1) is 36.8. The molecule has 0 atom stereocenters. The van der Waals surface area contributed by atoms with E-state index in [-0.39, 0.29) is 13.4 Å². The van der Waals surface area contributed by atoms with Crippen molar-refractivity contribution in [3.8, 4) is 5.69 Å². The van der Waals surface area contributed by atoms with Gasteiger partial charge < -0.3 is 24.2 Å². The number of hydrogen-bond donors (Lipinski definition) is 0. The van der Waals surface area contributed by atoms with Crippen LogP contribution in [-0.4, -0.2) is 18.0 Å². The second-order valence-electron chi connectivity index (χ2n) is 20.0. The third-order valence-corrected chi connectivity index (χ3v) is 17.4. The van der Waals surface area contributed by atoms with Crippen molar-refractivity contribution in [1.82, 2.24) is 4.57 Å². The van der Waals surface area contributed by atoms with Gasteiger partial charge in [-0.25, -0.2) is 0 Å². The highest BCUT2D eigenvalue weighted by atomic mass is 32.2. The third-order valence-electron chi connectivity index (χ3n) is 16.3. The van der Waals surface area contributed by atoms with Gasteiger partial charge in [-0.15, -0.1) is 0 Å². The zero-order chi connectivity index (χ0) is 48.2. The molecule has 0 radical (unpaired) electrons. The molecule has 0 fully saturated rings. The van der Waals surface area contributed by atoms with Crippen LogP contribution in [0.3, 0.4) is 0 Å². The quantitative estimate of drug-likeness (QED) is 0.163. The van der Waals surface area contributed by atoms with Crippen molar-refractivity contribution in [2.45, 2.75) is 9.79 Å². The Morgan fingerprint density at radius 1 is 0.270 bits per heavy atom. The van der Waals surface area contributed by atoms with E-state index in [2.05, 4.69) is 273 Å². The molecule has 0 bridgehead atoms. The van der Waals surface area contributed by atoms with Crippen LogP contribution in [0, 0.1) is 0 Å². The summed E-state index contributed by atoms with van der Waals surface area (Å²) in [7, 11) is 0. The molecule has 8 heteroatoms. The lowest BCUT2D eigenvalue weighted by Gasteiger charge is -2.51. The second-order valence-corrected chi connectivity index (χ2v) is 21.1. The molecule has 342 valence electrons. The van der Waals surface area contributed by atoms with Crippen LogP contribution in [0.15, 0.2) is 259 Å². The van der Waals surface area contributed by atoms with Crippen molar-refractivity contribution in [3.63, 3.8) is 0 Å². The molecule has 5 aliphatic rings. The van der Waals surface area contributed by atoms with Gasteiger partial charge in [0.15, 0.2) is 0 Å². The van der Waals surface area contributed by atoms with Crippen LogP contribution >= 0.6 is 11.8 Å². The molecule has 0 unspecified atom stereocenters. The van der Waals surface area contributed by atoms with E-state index in [0.717, 1.165) is 22.7 Å². The first-order valence-electron chi connectivity index (χ1n) is 25.6. The number of nitrogens with zero attached hydrogens (tertiary/aromatic N) is 5. The predicted octanol–water partition coefficient (Wildman–Crippen LogP) is 13.4. The normalized spacial score (nSPS) is 14.0. The average molecular weight is 958 g/mol. The molecule has 1 aromatic heterocycles. The zero-order valence-corrected chi connectivity index (χ0v) is 40.8. The van der Waals surface area contributed by atoms with Gasteiger partial charge in [0.2, 0.25) is 0 Å². The molecule has 6 heterocycles. The maximum Gasteiger partial charge on any atom is 0.252 e. The van der Waals surface area contributed by atoms with Gasteiger partial charge in [-0.2, -0.15) is 0 Å². The molecule has 74 heavy (non-hydrogen) atoms. The summed E-state index contributed by atoms with van der Waals surface area (Å²) in [5.41, 5.74) is 25.7. The monoisotopic (exact) mass is 957 g/mol. The average Bonchev–Trinajstić information content (AvgIpc) is 3.91. The van der Waals surface area contributed by atoms with Crippen LogP contribution in [0.25, 0.3) is 27.5 Å². The fraction of sp³-hybridized carbons (Fsp3) is 0. The first-order valence-corrected chi connectivity index (χ1v) is 26.4. The molecule has 5 aliphatic heterocycles. The van der Waals surface area contributed by atoms with Crippen molar-refractivity contribution in [2.24, 2.45) is 0 Å². The lowest BCUT2D eigenvalue weighted by molar-refractivity contribution is 1.16. The number of rotatable bonds is 4. The SMILES string of the molecule is c1ccc(N2c3ccccc3Sc3cc4c(cc32)N(c2ccccc2)c2cc3c5c6c2B4c2cc4c7ccccc7n(-c7ccccc7)c4cc2N6c2ccccc2B5c2ccccc2N3c2ccccc2)cc1. The lowest BCUT2D eigenvalue weighted by atomic mass is 9.28. The third kappa shape index (κ3) is 5.42. The number of aromatic nitrogens is 1. The number of hydrogen-bond acceptors (Lipinski definition) is 5. The van der Waals surface area contributed by atoms with E-state index in [1.165, 1.54) is 116 Å². The molecule has 17 rings (SSSR count). The van der Waals surface area contributed by atoms with Crippen LogP contribution in [-0.2, 0) is 0 Å². The lowest BCUT2D eigenvalue weighted by Crippen LogP contribution is -2.68. The van der Waals surface area contributed by atoms with Gasteiger partial charge in [-0.3, -0.25) is 0 Å². The molecule has 11 aromatic carbocycles. The summed E-state index contributed by atoms with van der Waals surface area (Å²) in [5.74, 6) is 0.